The number of amides is 2. The molecule has 0 heterocycles. The molecule has 0 unspecified atom stereocenters. The van der Waals surface area contributed by atoms with Crippen LogP contribution < -0.4 is 9.62 Å². The van der Waals surface area contributed by atoms with E-state index in [1.54, 1.807) is 4.90 Å². The van der Waals surface area contributed by atoms with Crippen molar-refractivity contribution in [3.8, 4) is 0 Å². The molecular formula is C28H39N3O4S. The van der Waals surface area contributed by atoms with Gasteiger partial charge in [-0.2, -0.15) is 0 Å². The van der Waals surface area contributed by atoms with Gasteiger partial charge in [0.25, 0.3) is 0 Å². The van der Waals surface area contributed by atoms with Crippen molar-refractivity contribution in [2.75, 3.05) is 17.1 Å². The van der Waals surface area contributed by atoms with Crippen LogP contribution in [0.1, 0.15) is 61.3 Å². The van der Waals surface area contributed by atoms with Crippen LogP contribution in [0.2, 0.25) is 0 Å². The highest BCUT2D eigenvalue weighted by Gasteiger charge is 2.33. The van der Waals surface area contributed by atoms with Gasteiger partial charge in [0.1, 0.15) is 12.6 Å². The smallest absolute Gasteiger partial charge is 0.244 e. The molecule has 3 rings (SSSR count). The predicted molar refractivity (Wildman–Crippen MR) is 144 cm³/mol. The van der Waals surface area contributed by atoms with Crippen molar-refractivity contribution >= 4 is 27.5 Å². The highest BCUT2D eigenvalue weighted by Crippen LogP contribution is 2.27. The number of benzene rings is 2. The molecule has 0 saturated heterocycles. The Morgan fingerprint density at radius 3 is 2.19 bits per heavy atom. The van der Waals surface area contributed by atoms with Crippen molar-refractivity contribution in [1.82, 2.24) is 10.2 Å². The molecule has 1 aliphatic carbocycles. The monoisotopic (exact) mass is 513 g/mol. The van der Waals surface area contributed by atoms with E-state index in [1.807, 2.05) is 70.2 Å². The molecule has 1 atom stereocenters. The van der Waals surface area contributed by atoms with Crippen LogP contribution in [0, 0.1) is 20.8 Å². The van der Waals surface area contributed by atoms with Gasteiger partial charge in [-0.05, 0) is 56.7 Å². The van der Waals surface area contributed by atoms with E-state index in [0.29, 0.717) is 12.1 Å². The number of anilines is 1. The number of hydrogen-bond donors (Lipinski definition) is 1. The summed E-state index contributed by atoms with van der Waals surface area (Å²) in [6.45, 7) is 7.38. The Labute approximate surface area is 215 Å². The number of carbonyl (C=O) groups is 2. The zero-order valence-electron chi connectivity index (χ0n) is 22.1. The molecule has 1 fully saturated rings. The fourth-order valence-electron chi connectivity index (χ4n) is 5.07. The molecule has 1 aliphatic rings. The summed E-state index contributed by atoms with van der Waals surface area (Å²) in [4.78, 5) is 28.8. The van der Waals surface area contributed by atoms with Crippen molar-refractivity contribution in [1.29, 1.82) is 0 Å². The van der Waals surface area contributed by atoms with E-state index in [1.165, 1.54) is 4.31 Å². The van der Waals surface area contributed by atoms with Gasteiger partial charge in [-0.15, -0.1) is 0 Å². The SMILES string of the molecule is CC[C@@H](C(=O)NC1CCCC1)N(Cc1cccc(C)c1)C(=O)CN(c1c(C)cccc1C)S(C)(=O)=O. The summed E-state index contributed by atoms with van der Waals surface area (Å²) in [5, 5.41) is 3.13. The zero-order valence-corrected chi connectivity index (χ0v) is 22.9. The molecule has 0 spiro atoms. The van der Waals surface area contributed by atoms with Gasteiger partial charge in [0.05, 0.1) is 11.9 Å². The minimum atomic E-state index is -3.76. The number of nitrogens with zero attached hydrogens (tertiary/aromatic N) is 2. The predicted octanol–water partition coefficient (Wildman–Crippen LogP) is 4.24. The van der Waals surface area contributed by atoms with Crippen LogP contribution in [0.3, 0.4) is 0 Å². The van der Waals surface area contributed by atoms with Crippen molar-refractivity contribution in [2.24, 2.45) is 0 Å². The third-order valence-electron chi connectivity index (χ3n) is 6.89. The molecule has 0 bridgehead atoms. The quantitative estimate of drug-likeness (QED) is 0.515. The molecule has 2 amide bonds. The summed E-state index contributed by atoms with van der Waals surface area (Å²) in [6, 6.07) is 12.8. The second-order valence-corrected chi connectivity index (χ2v) is 11.8. The van der Waals surface area contributed by atoms with Crippen molar-refractivity contribution in [2.45, 2.75) is 78.4 Å². The largest absolute Gasteiger partial charge is 0.352 e. The Kier molecular flexibility index (Phi) is 9.17. The number of hydrogen-bond acceptors (Lipinski definition) is 4. The fourth-order valence-corrected chi connectivity index (χ4v) is 6.03. The minimum Gasteiger partial charge on any atom is -0.352 e. The third-order valence-corrected chi connectivity index (χ3v) is 8.00. The standard InChI is InChI=1S/C28H39N3O4S/c1-6-25(28(33)29-24-15-7-8-16-24)30(18-23-14-9-11-20(2)17-23)26(32)19-31(36(5,34)35)27-21(3)12-10-13-22(27)4/h9-14,17,24-25H,6-8,15-16,18-19H2,1-5H3,(H,29,33)/t25-/m0/s1. The van der Waals surface area contributed by atoms with Gasteiger partial charge in [0.15, 0.2) is 0 Å². The van der Waals surface area contributed by atoms with E-state index in [2.05, 4.69) is 5.32 Å². The summed E-state index contributed by atoms with van der Waals surface area (Å²) in [6.07, 6.45) is 5.61. The first-order valence-electron chi connectivity index (χ1n) is 12.7. The molecule has 196 valence electrons. The number of nitrogens with one attached hydrogen (secondary N) is 1. The Balaban J connectivity index is 1.96. The lowest BCUT2D eigenvalue weighted by molar-refractivity contribution is -0.140. The normalized spacial score (nSPS) is 14.9. The Hall–Kier alpha value is -2.87. The summed E-state index contributed by atoms with van der Waals surface area (Å²) >= 11 is 0. The topological polar surface area (TPSA) is 86.8 Å². The first-order chi connectivity index (χ1) is 17.0. The van der Waals surface area contributed by atoms with Crippen LogP contribution in [-0.4, -0.2) is 50.0 Å². The van der Waals surface area contributed by atoms with E-state index in [0.717, 1.165) is 54.2 Å². The second-order valence-electron chi connectivity index (χ2n) is 9.93. The zero-order chi connectivity index (χ0) is 26.5. The van der Waals surface area contributed by atoms with Gasteiger partial charge in [0, 0.05) is 12.6 Å². The molecule has 8 heteroatoms. The van der Waals surface area contributed by atoms with Crippen molar-refractivity contribution in [3.63, 3.8) is 0 Å². The molecule has 0 aliphatic heterocycles. The summed E-state index contributed by atoms with van der Waals surface area (Å²) in [5.41, 5.74) is 3.99. The highest BCUT2D eigenvalue weighted by atomic mass is 32.2. The average molecular weight is 514 g/mol. The molecule has 7 nitrogen and oxygen atoms in total. The van der Waals surface area contributed by atoms with Gasteiger partial charge >= 0.3 is 0 Å². The molecule has 1 saturated carbocycles. The van der Waals surface area contributed by atoms with E-state index in [4.69, 9.17) is 0 Å². The van der Waals surface area contributed by atoms with E-state index in [9.17, 15) is 18.0 Å². The summed E-state index contributed by atoms with van der Waals surface area (Å²) in [5.74, 6) is -0.582. The van der Waals surface area contributed by atoms with Gasteiger partial charge in [-0.1, -0.05) is 67.8 Å². The average Bonchev–Trinajstić information content (AvgIpc) is 3.30. The summed E-state index contributed by atoms with van der Waals surface area (Å²) < 4.78 is 26.9. The molecule has 2 aromatic rings. The molecular weight excluding hydrogens is 474 g/mol. The third kappa shape index (κ3) is 6.87. The molecule has 0 aromatic heterocycles. The Bertz CT molecular complexity index is 1170. The Morgan fingerprint density at radius 2 is 1.64 bits per heavy atom. The lowest BCUT2D eigenvalue weighted by Crippen LogP contribution is -2.53. The maximum Gasteiger partial charge on any atom is 0.244 e. The lowest BCUT2D eigenvalue weighted by Gasteiger charge is -2.34. The highest BCUT2D eigenvalue weighted by molar-refractivity contribution is 7.92. The molecule has 2 aromatic carbocycles. The number of aryl methyl sites for hydroxylation is 3. The van der Waals surface area contributed by atoms with Gasteiger partial charge in [0.2, 0.25) is 21.8 Å². The lowest BCUT2D eigenvalue weighted by atomic mass is 10.1. The first kappa shape index (κ1) is 27.7. The van der Waals surface area contributed by atoms with Crippen LogP contribution in [0.15, 0.2) is 42.5 Å². The second kappa shape index (κ2) is 11.9. The van der Waals surface area contributed by atoms with Gasteiger partial charge in [-0.3, -0.25) is 13.9 Å². The van der Waals surface area contributed by atoms with Crippen molar-refractivity contribution < 1.29 is 18.0 Å². The minimum absolute atomic E-state index is 0.129. The van der Waals surface area contributed by atoms with E-state index >= 15 is 0 Å². The van der Waals surface area contributed by atoms with Gasteiger partial charge in [-0.25, -0.2) is 8.42 Å². The van der Waals surface area contributed by atoms with E-state index in [-0.39, 0.29) is 25.0 Å². The fraction of sp³-hybridized carbons (Fsp3) is 0.500. The van der Waals surface area contributed by atoms with Crippen LogP contribution >= 0.6 is 0 Å². The number of para-hydroxylation sites is 1. The Morgan fingerprint density at radius 1 is 1.03 bits per heavy atom. The van der Waals surface area contributed by atoms with Crippen molar-refractivity contribution in [3.05, 3.63) is 64.7 Å². The van der Waals surface area contributed by atoms with Gasteiger partial charge < -0.3 is 10.2 Å². The van der Waals surface area contributed by atoms with Crippen LogP contribution in [-0.2, 0) is 26.2 Å². The summed E-state index contributed by atoms with van der Waals surface area (Å²) in [7, 11) is -3.76. The number of sulfonamides is 1. The first-order valence-corrected chi connectivity index (χ1v) is 14.6. The molecule has 36 heavy (non-hydrogen) atoms. The van der Waals surface area contributed by atoms with E-state index < -0.39 is 22.0 Å². The molecule has 0 radical (unpaired) electrons. The maximum absolute atomic E-state index is 13.9. The van der Waals surface area contributed by atoms with Crippen LogP contribution in [0.5, 0.6) is 0 Å². The molecule has 1 N–H and O–H groups in total. The number of rotatable bonds is 10. The number of carbonyl (C=O) groups excluding carboxylic acids is 2. The maximum atomic E-state index is 13.9. The van der Waals surface area contributed by atoms with Crippen LogP contribution in [0.4, 0.5) is 5.69 Å². The van der Waals surface area contributed by atoms with Crippen LogP contribution in [0.25, 0.3) is 0 Å².